The molecule has 1 saturated heterocycles. The van der Waals surface area contributed by atoms with Crippen LogP contribution in [0.4, 0.5) is 0 Å². The van der Waals surface area contributed by atoms with Gasteiger partial charge in [-0.05, 0) is 56.4 Å². The van der Waals surface area contributed by atoms with Crippen LogP contribution in [0.1, 0.15) is 265 Å². The van der Waals surface area contributed by atoms with Crippen molar-refractivity contribution in [2.24, 2.45) is 17.8 Å². The third-order valence-corrected chi connectivity index (χ3v) is 13.4. The van der Waals surface area contributed by atoms with E-state index in [2.05, 4.69) is 32.6 Å². The number of unbranched alkanes of at least 4 members (excludes halogenated alkanes) is 20. The third-order valence-electron chi connectivity index (χ3n) is 13.4. The van der Waals surface area contributed by atoms with Crippen molar-refractivity contribution >= 4 is 11.9 Å². The van der Waals surface area contributed by atoms with Crippen molar-refractivity contribution in [3.63, 3.8) is 0 Å². The molecule has 0 amide bonds. The fourth-order valence-corrected chi connectivity index (χ4v) is 9.22. The van der Waals surface area contributed by atoms with Gasteiger partial charge in [-0.25, -0.2) is 0 Å². The zero-order valence-corrected chi connectivity index (χ0v) is 40.3. The molecule has 0 aromatic rings. The van der Waals surface area contributed by atoms with Crippen LogP contribution in [0.25, 0.3) is 0 Å². The van der Waals surface area contributed by atoms with Gasteiger partial charge < -0.3 is 14.2 Å². The Kier molecular flexibility index (Phi) is 41.2. The molecule has 0 N–H and O–H groups in total. The van der Waals surface area contributed by atoms with E-state index in [0.717, 1.165) is 82.6 Å². The quantitative estimate of drug-likeness (QED) is 0.0450. The van der Waals surface area contributed by atoms with Crippen molar-refractivity contribution in [1.82, 2.24) is 4.90 Å². The van der Waals surface area contributed by atoms with Gasteiger partial charge in [-0.15, -0.1) is 0 Å². The summed E-state index contributed by atoms with van der Waals surface area (Å²) in [4.78, 5) is 27.4. The standard InChI is InChI=1S/C53H103NO5/c1-5-9-23-31-50(32-24-10-6-2)40-45-58-52(55)37-29-21-17-13-15-19-27-35-49(39-42-54-43-47-57-48-44-54)36-28-20-16-14-18-22-30-38-53(56)59-46-41-51(33-25-11-7-3)34-26-12-8-4/h49-51H,5-48H2,1-4H3. The molecule has 0 radical (unpaired) electrons. The summed E-state index contributed by atoms with van der Waals surface area (Å²) in [6, 6.07) is 0. The number of rotatable bonds is 45. The molecule has 59 heavy (non-hydrogen) atoms. The first-order valence-electron chi connectivity index (χ1n) is 26.6. The lowest BCUT2D eigenvalue weighted by atomic mass is 9.91. The summed E-state index contributed by atoms with van der Waals surface area (Å²) in [5.74, 6) is 2.35. The predicted octanol–water partition coefficient (Wildman–Crippen LogP) is 15.8. The number of nitrogens with zero attached hydrogens (tertiary/aromatic N) is 1. The maximum absolute atomic E-state index is 12.4. The van der Waals surface area contributed by atoms with E-state index in [1.165, 1.54) is 193 Å². The molecule has 1 heterocycles. The summed E-state index contributed by atoms with van der Waals surface area (Å²) in [5.41, 5.74) is 0. The molecule has 6 heteroatoms. The minimum Gasteiger partial charge on any atom is -0.466 e. The molecule has 0 spiro atoms. The summed E-state index contributed by atoms with van der Waals surface area (Å²) in [7, 11) is 0. The van der Waals surface area contributed by atoms with Crippen LogP contribution in [-0.4, -0.2) is 62.9 Å². The summed E-state index contributed by atoms with van der Waals surface area (Å²) >= 11 is 0. The van der Waals surface area contributed by atoms with E-state index in [1.54, 1.807) is 0 Å². The van der Waals surface area contributed by atoms with Crippen molar-refractivity contribution in [3.8, 4) is 0 Å². The van der Waals surface area contributed by atoms with Gasteiger partial charge in [0.25, 0.3) is 0 Å². The highest BCUT2D eigenvalue weighted by molar-refractivity contribution is 5.69. The van der Waals surface area contributed by atoms with Crippen molar-refractivity contribution in [3.05, 3.63) is 0 Å². The Morgan fingerprint density at radius 3 is 1.07 bits per heavy atom. The van der Waals surface area contributed by atoms with E-state index in [1.807, 2.05) is 0 Å². The fourth-order valence-electron chi connectivity index (χ4n) is 9.22. The van der Waals surface area contributed by atoms with Gasteiger partial charge in [0.05, 0.1) is 26.4 Å². The Labute approximate surface area is 368 Å². The molecule has 0 aromatic carbocycles. The molecule has 1 aliphatic heterocycles. The number of esters is 2. The van der Waals surface area contributed by atoms with Crippen molar-refractivity contribution in [2.75, 3.05) is 46.1 Å². The predicted molar refractivity (Wildman–Crippen MR) is 253 cm³/mol. The summed E-state index contributed by atoms with van der Waals surface area (Å²) in [6.07, 6.45) is 45.7. The van der Waals surface area contributed by atoms with Gasteiger partial charge in [0.2, 0.25) is 0 Å². The van der Waals surface area contributed by atoms with Gasteiger partial charge in [0.1, 0.15) is 0 Å². The zero-order valence-electron chi connectivity index (χ0n) is 40.3. The Morgan fingerprint density at radius 1 is 0.407 bits per heavy atom. The van der Waals surface area contributed by atoms with E-state index < -0.39 is 0 Å². The highest BCUT2D eigenvalue weighted by Gasteiger charge is 2.15. The van der Waals surface area contributed by atoms with Gasteiger partial charge in [-0.1, -0.05) is 220 Å². The number of ether oxygens (including phenoxy) is 3. The van der Waals surface area contributed by atoms with Crippen LogP contribution in [0.3, 0.4) is 0 Å². The van der Waals surface area contributed by atoms with Crippen LogP contribution in [0.5, 0.6) is 0 Å². The van der Waals surface area contributed by atoms with Crippen molar-refractivity contribution < 1.29 is 23.8 Å². The molecule has 0 saturated carbocycles. The topological polar surface area (TPSA) is 65.1 Å². The highest BCUT2D eigenvalue weighted by atomic mass is 16.5. The average molecular weight is 834 g/mol. The van der Waals surface area contributed by atoms with E-state index in [4.69, 9.17) is 14.2 Å². The lowest BCUT2D eigenvalue weighted by molar-refractivity contribution is -0.145. The summed E-state index contributed by atoms with van der Waals surface area (Å²) in [6.45, 7) is 15.5. The fraction of sp³-hybridized carbons (Fsp3) is 0.962. The second kappa shape index (κ2) is 43.5. The number of morpholine rings is 1. The molecule has 6 nitrogen and oxygen atoms in total. The maximum atomic E-state index is 12.4. The molecule has 1 aliphatic rings. The van der Waals surface area contributed by atoms with E-state index in [9.17, 15) is 9.59 Å². The second-order valence-electron chi connectivity index (χ2n) is 18.9. The lowest BCUT2D eigenvalue weighted by Gasteiger charge is -2.28. The molecule has 0 atom stereocenters. The number of hydrogen-bond acceptors (Lipinski definition) is 6. The highest BCUT2D eigenvalue weighted by Crippen LogP contribution is 2.25. The third kappa shape index (κ3) is 37.2. The minimum absolute atomic E-state index is 0.0210. The maximum Gasteiger partial charge on any atom is 0.305 e. The molecular formula is C53H103NO5. The van der Waals surface area contributed by atoms with Gasteiger partial charge >= 0.3 is 11.9 Å². The molecule has 1 fully saturated rings. The van der Waals surface area contributed by atoms with Crippen LogP contribution in [-0.2, 0) is 23.8 Å². The molecule has 1 rings (SSSR count). The van der Waals surface area contributed by atoms with Crippen molar-refractivity contribution in [2.45, 2.75) is 265 Å². The van der Waals surface area contributed by atoms with Crippen LogP contribution in [0, 0.1) is 17.8 Å². The van der Waals surface area contributed by atoms with Gasteiger partial charge in [-0.3, -0.25) is 14.5 Å². The first kappa shape index (κ1) is 55.9. The Balaban J connectivity index is 2.15. The van der Waals surface area contributed by atoms with E-state index in [-0.39, 0.29) is 11.9 Å². The van der Waals surface area contributed by atoms with Gasteiger partial charge in [-0.2, -0.15) is 0 Å². The zero-order chi connectivity index (χ0) is 42.7. The Hall–Kier alpha value is -1.14. The Morgan fingerprint density at radius 2 is 0.712 bits per heavy atom. The SMILES string of the molecule is CCCCCC(CCCCC)CCOC(=O)CCCCCCCCCC(CCCCCCCCCC(=O)OCCC(CCCCC)CCCCC)CCN1CCOCC1. The van der Waals surface area contributed by atoms with Crippen LogP contribution >= 0.6 is 0 Å². The number of hydrogen-bond donors (Lipinski definition) is 0. The molecule has 350 valence electrons. The normalized spacial score (nSPS) is 13.6. The summed E-state index contributed by atoms with van der Waals surface area (Å²) < 4.78 is 16.9. The van der Waals surface area contributed by atoms with E-state index in [0.29, 0.717) is 26.1 Å². The molecule has 0 unspecified atom stereocenters. The largest absolute Gasteiger partial charge is 0.466 e. The van der Waals surface area contributed by atoms with Gasteiger partial charge in [0.15, 0.2) is 0 Å². The van der Waals surface area contributed by atoms with Crippen LogP contribution < -0.4 is 0 Å². The smallest absolute Gasteiger partial charge is 0.305 e. The first-order valence-corrected chi connectivity index (χ1v) is 26.6. The lowest BCUT2D eigenvalue weighted by Crippen LogP contribution is -2.37. The van der Waals surface area contributed by atoms with Crippen molar-refractivity contribution in [1.29, 1.82) is 0 Å². The van der Waals surface area contributed by atoms with Gasteiger partial charge in [0, 0.05) is 25.9 Å². The Bertz CT molecular complexity index is 811. The molecular weight excluding hydrogens is 731 g/mol. The molecule has 0 aromatic heterocycles. The first-order chi connectivity index (χ1) is 29.0. The minimum atomic E-state index is 0.0210. The van der Waals surface area contributed by atoms with Crippen LogP contribution in [0.15, 0.2) is 0 Å². The van der Waals surface area contributed by atoms with E-state index >= 15 is 0 Å². The number of carbonyl (C=O) groups is 2. The molecule has 0 bridgehead atoms. The van der Waals surface area contributed by atoms with Crippen LogP contribution in [0.2, 0.25) is 0 Å². The molecule has 0 aliphatic carbocycles. The second-order valence-corrected chi connectivity index (χ2v) is 18.9. The number of carbonyl (C=O) groups excluding carboxylic acids is 2. The average Bonchev–Trinajstić information content (AvgIpc) is 3.24. The summed E-state index contributed by atoms with van der Waals surface area (Å²) in [5, 5.41) is 0. The monoisotopic (exact) mass is 834 g/mol.